The van der Waals surface area contributed by atoms with Crippen molar-refractivity contribution in [2.45, 2.75) is 45.3 Å². The first-order chi connectivity index (χ1) is 11.2. The summed E-state index contributed by atoms with van der Waals surface area (Å²) in [6, 6.07) is 5.44. The summed E-state index contributed by atoms with van der Waals surface area (Å²) >= 11 is 0. The maximum absolute atomic E-state index is 12.3. The molecular weight excluding hydrogens is 294 g/mol. The molecule has 0 radical (unpaired) electrons. The fourth-order valence-electron chi connectivity index (χ4n) is 2.58. The van der Waals surface area contributed by atoms with Gasteiger partial charge in [0.25, 0.3) is 5.91 Å². The third-order valence-electron chi connectivity index (χ3n) is 3.96. The van der Waals surface area contributed by atoms with Gasteiger partial charge < -0.3 is 19.5 Å². The fraction of sp³-hybridized carbons (Fsp3) is 0.611. The Morgan fingerprint density at radius 2 is 2.30 bits per heavy atom. The molecule has 1 aromatic rings. The van der Waals surface area contributed by atoms with Crippen molar-refractivity contribution in [1.29, 1.82) is 0 Å². The fourth-order valence-corrected chi connectivity index (χ4v) is 2.58. The molecule has 1 heterocycles. The minimum absolute atomic E-state index is 0.0852. The number of carbonyl (C=O) groups excluding carboxylic acids is 1. The molecule has 0 spiro atoms. The van der Waals surface area contributed by atoms with Gasteiger partial charge >= 0.3 is 0 Å². The molecule has 1 atom stereocenters. The second kappa shape index (κ2) is 9.53. The SMILES string of the molecule is CCCCOCc1cc(C(=O)NC[C@H]2CCCO2)ccc1OC. The van der Waals surface area contributed by atoms with Crippen LogP contribution in [0.15, 0.2) is 18.2 Å². The lowest BCUT2D eigenvalue weighted by atomic mass is 10.1. The van der Waals surface area contributed by atoms with E-state index in [4.69, 9.17) is 14.2 Å². The average molecular weight is 321 g/mol. The van der Waals surface area contributed by atoms with E-state index in [0.29, 0.717) is 18.7 Å². The summed E-state index contributed by atoms with van der Waals surface area (Å²) < 4.78 is 16.5. The van der Waals surface area contributed by atoms with Gasteiger partial charge in [0.15, 0.2) is 0 Å². The quantitative estimate of drug-likeness (QED) is 0.711. The molecule has 1 aromatic carbocycles. The van der Waals surface area contributed by atoms with Gasteiger partial charge in [0.1, 0.15) is 5.75 Å². The van der Waals surface area contributed by atoms with Gasteiger partial charge in [-0.1, -0.05) is 13.3 Å². The molecule has 0 unspecified atom stereocenters. The highest BCUT2D eigenvalue weighted by Crippen LogP contribution is 2.21. The van der Waals surface area contributed by atoms with E-state index >= 15 is 0 Å². The first kappa shape index (κ1) is 17.8. The number of unbranched alkanes of at least 4 members (excludes halogenated alkanes) is 1. The molecule has 1 aliphatic heterocycles. The van der Waals surface area contributed by atoms with Crippen molar-refractivity contribution in [3.8, 4) is 5.75 Å². The van der Waals surface area contributed by atoms with Crippen LogP contribution in [-0.2, 0) is 16.1 Å². The Balaban J connectivity index is 1.93. The molecule has 1 saturated heterocycles. The van der Waals surface area contributed by atoms with E-state index in [0.717, 1.165) is 50.2 Å². The maximum Gasteiger partial charge on any atom is 0.251 e. The number of hydrogen-bond donors (Lipinski definition) is 1. The molecule has 0 bridgehead atoms. The van der Waals surface area contributed by atoms with E-state index in [1.807, 2.05) is 12.1 Å². The van der Waals surface area contributed by atoms with Gasteiger partial charge in [0.05, 0.1) is 19.8 Å². The Bertz CT molecular complexity index is 498. The van der Waals surface area contributed by atoms with Crippen LogP contribution in [0.3, 0.4) is 0 Å². The Kier molecular flexibility index (Phi) is 7.36. The lowest BCUT2D eigenvalue weighted by Gasteiger charge is -2.13. The van der Waals surface area contributed by atoms with Gasteiger partial charge in [-0.2, -0.15) is 0 Å². The van der Waals surface area contributed by atoms with Crippen molar-refractivity contribution < 1.29 is 19.0 Å². The highest BCUT2D eigenvalue weighted by atomic mass is 16.5. The van der Waals surface area contributed by atoms with Crippen LogP contribution in [0.2, 0.25) is 0 Å². The molecular formula is C18H27NO4. The zero-order valence-corrected chi connectivity index (χ0v) is 14.1. The van der Waals surface area contributed by atoms with Crippen LogP contribution in [-0.4, -0.2) is 38.9 Å². The molecule has 5 nitrogen and oxygen atoms in total. The van der Waals surface area contributed by atoms with Crippen molar-refractivity contribution in [1.82, 2.24) is 5.32 Å². The molecule has 2 rings (SSSR count). The van der Waals surface area contributed by atoms with E-state index in [1.165, 1.54) is 0 Å². The van der Waals surface area contributed by atoms with Crippen molar-refractivity contribution in [3.63, 3.8) is 0 Å². The topological polar surface area (TPSA) is 56.8 Å². The predicted octanol–water partition coefficient (Wildman–Crippen LogP) is 2.92. The number of amides is 1. The Morgan fingerprint density at radius 3 is 3.00 bits per heavy atom. The monoisotopic (exact) mass is 321 g/mol. The summed E-state index contributed by atoms with van der Waals surface area (Å²) in [5, 5.41) is 2.94. The van der Waals surface area contributed by atoms with Crippen LogP contribution >= 0.6 is 0 Å². The van der Waals surface area contributed by atoms with Crippen molar-refractivity contribution in [3.05, 3.63) is 29.3 Å². The molecule has 1 aliphatic rings. The van der Waals surface area contributed by atoms with E-state index in [9.17, 15) is 4.79 Å². The minimum Gasteiger partial charge on any atom is -0.496 e. The number of rotatable bonds is 9. The first-order valence-corrected chi connectivity index (χ1v) is 8.39. The lowest BCUT2D eigenvalue weighted by molar-refractivity contribution is 0.0857. The van der Waals surface area contributed by atoms with Crippen LogP contribution in [0.25, 0.3) is 0 Å². The van der Waals surface area contributed by atoms with Crippen molar-refractivity contribution in [2.75, 3.05) is 26.9 Å². The highest BCUT2D eigenvalue weighted by Gasteiger charge is 2.17. The molecule has 23 heavy (non-hydrogen) atoms. The number of methoxy groups -OCH3 is 1. The van der Waals surface area contributed by atoms with Crippen LogP contribution in [0.5, 0.6) is 5.75 Å². The van der Waals surface area contributed by atoms with Gasteiger partial charge in [-0.25, -0.2) is 0 Å². The minimum atomic E-state index is -0.0852. The van der Waals surface area contributed by atoms with E-state index in [1.54, 1.807) is 13.2 Å². The first-order valence-electron chi connectivity index (χ1n) is 8.39. The number of carbonyl (C=O) groups is 1. The Hall–Kier alpha value is -1.59. The van der Waals surface area contributed by atoms with E-state index in [2.05, 4.69) is 12.2 Å². The Morgan fingerprint density at radius 1 is 1.43 bits per heavy atom. The van der Waals surface area contributed by atoms with Crippen LogP contribution in [0.1, 0.15) is 48.5 Å². The third kappa shape index (κ3) is 5.52. The van der Waals surface area contributed by atoms with Gasteiger partial charge in [0.2, 0.25) is 0 Å². The van der Waals surface area contributed by atoms with Gasteiger partial charge in [0, 0.05) is 30.9 Å². The van der Waals surface area contributed by atoms with Gasteiger partial charge in [-0.15, -0.1) is 0 Å². The lowest BCUT2D eigenvalue weighted by Crippen LogP contribution is -2.31. The second-order valence-electron chi connectivity index (χ2n) is 5.78. The maximum atomic E-state index is 12.3. The van der Waals surface area contributed by atoms with E-state index < -0.39 is 0 Å². The summed E-state index contributed by atoms with van der Waals surface area (Å²) in [6.07, 6.45) is 4.36. The predicted molar refractivity (Wildman–Crippen MR) is 88.9 cm³/mol. The average Bonchev–Trinajstić information content (AvgIpc) is 3.10. The van der Waals surface area contributed by atoms with Gasteiger partial charge in [-0.05, 0) is 37.5 Å². The molecule has 128 valence electrons. The molecule has 1 amide bonds. The number of benzene rings is 1. The summed E-state index contributed by atoms with van der Waals surface area (Å²) in [5.74, 6) is 0.662. The number of ether oxygens (including phenoxy) is 3. The third-order valence-corrected chi connectivity index (χ3v) is 3.96. The van der Waals surface area contributed by atoms with Crippen molar-refractivity contribution in [2.24, 2.45) is 0 Å². The normalized spacial score (nSPS) is 17.2. The summed E-state index contributed by atoms with van der Waals surface area (Å²) in [4.78, 5) is 12.3. The zero-order chi connectivity index (χ0) is 16.5. The summed E-state index contributed by atoms with van der Waals surface area (Å²) in [5.41, 5.74) is 1.52. The zero-order valence-electron chi connectivity index (χ0n) is 14.1. The number of nitrogens with one attached hydrogen (secondary N) is 1. The summed E-state index contributed by atoms with van der Waals surface area (Å²) in [7, 11) is 1.63. The molecule has 0 aromatic heterocycles. The smallest absolute Gasteiger partial charge is 0.251 e. The second-order valence-corrected chi connectivity index (χ2v) is 5.78. The number of hydrogen-bond acceptors (Lipinski definition) is 4. The Labute approximate surface area is 138 Å². The van der Waals surface area contributed by atoms with Gasteiger partial charge in [-0.3, -0.25) is 4.79 Å². The van der Waals surface area contributed by atoms with Crippen molar-refractivity contribution >= 4 is 5.91 Å². The molecule has 0 aliphatic carbocycles. The van der Waals surface area contributed by atoms with Crippen LogP contribution in [0.4, 0.5) is 0 Å². The molecule has 1 N–H and O–H groups in total. The van der Waals surface area contributed by atoms with Crippen LogP contribution < -0.4 is 10.1 Å². The largest absolute Gasteiger partial charge is 0.496 e. The highest BCUT2D eigenvalue weighted by molar-refractivity contribution is 5.94. The van der Waals surface area contributed by atoms with E-state index in [-0.39, 0.29) is 12.0 Å². The molecule has 0 saturated carbocycles. The molecule has 1 fully saturated rings. The standard InChI is InChI=1S/C18H27NO4/c1-3-4-9-22-13-15-11-14(7-8-17(15)21-2)18(20)19-12-16-6-5-10-23-16/h7-8,11,16H,3-6,9-10,12-13H2,1-2H3,(H,19,20)/t16-/m1/s1. The molecule has 5 heteroatoms. The summed E-state index contributed by atoms with van der Waals surface area (Å²) in [6.45, 7) is 4.66. The van der Waals surface area contributed by atoms with Crippen LogP contribution in [0, 0.1) is 0 Å².